The molecule has 1 aliphatic carbocycles. The molecule has 1 aliphatic heterocycles. The van der Waals surface area contributed by atoms with Gasteiger partial charge in [0.15, 0.2) is 0 Å². The molecule has 2 fully saturated rings. The highest BCUT2D eigenvalue weighted by atomic mass is 35.5. The molecule has 0 radical (unpaired) electrons. The maximum absolute atomic E-state index is 12.2. The third-order valence-electron chi connectivity index (χ3n) is 4.11. The third kappa shape index (κ3) is 2.61. The second-order valence-corrected chi connectivity index (χ2v) is 5.88. The van der Waals surface area contributed by atoms with Crippen LogP contribution in [0.4, 0.5) is 5.95 Å². The fourth-order valence-corrected chi connectivity index (χ4v) is 2.89. The van der Waals surface area contributed by atoms with Crippen LogP contribution in [0.15, 0.2) is 12.4 Å². The Morgan fingerprint density at radius 2 is 2.00 bits per heavy atom. The predicted octanol–water partition coefficient (Wildman–Crippen LogP) is 2.08. The zero-order chi connectivity index (χ0) is 14.1. The molecular weight excluding hydrogens is 276 g/mol. The second-order valence-electron chi connectivity index (χ2n) is 5.44. The summed E-state index contributed by atoms with van der Waals surface area (Å²) in [4.78, 5) is 22.7. The fourth-order valence-electron chi connectivity index (χ4n) is 2.79. The molecule has 3 rings (SSSR count). The summed E-state index contributed by atoms with van der Waals surface area (Å²) >= 11 is 5.77. The van der Waals surface area contributed by atoms with E-state index in [0.717, 1.165) is 32.4 Å². The molecule has 0 N–H and O–H groups in total. The van der Waals surface area contributed by atoms with Crippen LogP contribution in [-0.2, 0) is 4.79 Å². The minimum absolute atomic E-state index is 0.00309. The van der Waals surface area contributed by atoms with Crippen molar-refractivity contribution in [3.63, 3.8) is 0 Å². The topological polar surface area (TPSA) is 69.9 Å². The molecule has 0 amide bonds. The number of hydrogen-bond donors (Lipinski definition) is 0. The lowest BCUT2D eigenvalue weighted by Crippen LogP contribution is -2.37. The van der Waals surface area contributed by atoms with Crippen LogP contribution in [0.25, 0.3) is 0 Å². The number of carbonyl (C=O) groups excluding carboxylic acids is 1. The van der Waals surface area contributed by atoms with Crippen molar-refractivity contribution in [2.24, 2.45) is 17.8 Å². The Morgan fingerprint density at radius 3 is 2.55 bits per heavy atom. The molecule has 1 saturated carbocycles. The number of piperidine rings is 1. The predicted molar refractivity (Wildman–Crippen MR) is 74.2 cm³/mol. The van der Waals surface area contributed by atoms with Crippen molar-refractivity contribution < 1.29 is 4.79 Å². The Balaban J connectivity index is 1.56. The molecule has 6 heteroatoms. The van der Waals surface area contributed by atoms with E-state index in [1.807, 2.05) is 0 Å². The summed E-state index contributed by atoms with van der Waals surface area (Å²) in [6.07, 6.45) is 5.57. The van der Waals surface area contributed by atoms with E-state index in [0.29, 0.717) is 11.0 Å². The lowest BCUT2D eigenvalue weighted by molar-refractivity contribution is -0.124. The lowest BCUT2D eigenvalue weighted by atomic mass is 9.90. The fraction of sp³-hybridized carbons (Fsp3) is 0.571. The highest BCUT2D eigenvalue weighted by molar-refractivity contribution is 6.30. The quantitative estimate of drug-likeness (QED) is 0.852. The first-order valence-electron chi connectivity index (χ1n) is 6.85. The molecule has 104 valence electrons. The van der Waals surface area contributed by atoms with Gasteiger partial charge in [0.25, 0.3) is 0 Å². The molecule has 1 saturated heterocycles. The van der Waals surface area contributed by atoms with Gasteiger partial charge < -0.3 is 4.90 Å². The summed E-state index contributed by atoms with van der Waals surface area (Å²) in [7, 11) is 0. The van der Waals surface area contributed by atoms with E-state index in [9.17, 15) is 4.79 Å². The van der Waals surface area contributed by atoms with Crippen LogP contribution in [0.5, 0.6) is 0 Å². The first-order valence-corrected chi connectivity index (χ1v) is 7.22. The zero-order valence-corrected chi connectivity index (χ0v) is 11.8. The average molecular weight is 291 g/mol. The summed E-state index contributed by atoms with van der Waals surface area (Å²) in [5.74, 6) is 1.03. The van der Waals surface area contributed by atoms with Crippen molar-refractivity contribution >= 4 is 23.3 Å². The number of Topliss-reactive ketones (excluding diaryl/α,β-unsaturated/α-hetero) is 1. The Hall–Kier alpha value is -1.67. The summed E-state index contributed by atoms with van der Waals surface area (Å²) in [6, 6.07) is 2.19. The molecule has 2 aliphatic rings. The molecule has 2 heterocycles. The van der Waals surface area contributed by atoms with E-state index in [2.05, 4.69) is 20.9 Å². The normalized spacial score (nSPS) is 26.1. The highest BCUT2D eigenvalue weighted by Crippen LogP contribution is 2.41. The molecule has 0 bridgehead atoms. The van der Waals surface area contributed by atoms with Crippen molar-refractivity contribution in [1.82, 2.24) is 9.97 Å². The summed E-state index contributed by atoms with van der Waals surface area (Å²) in [5, 5.41) is 9.32. The van der Waals surface area contributed by atoms with E-state index < -0.39 is 0 Å². The highest BCUT2D eigenvalue weighted by Gasteiger charge is 2.45. The van der Waals surface area contributed by atoms with Gasteiger partial charge in [0.1, 0.15) is 5.78 Å². The van der Waals surface area contributed by atoms with Gasteiger partial charge in [-0.3, -0.25) is 4.79 Å². The number of aromatic nitrogens is 2. The number of carbonyl (C=O) groups is 1. The van der Waals surface area contributed by atoms with Crippen LogP contribution in [-0.4, -0.2) is 28.8 Å². The standard InChI is InChI=1S/C14H15ClN4O/c15-11-7-17-14(18-8-11)19-3-1-9(2-4-19)13(20)12-5-10(12)6-16/h7-10,12H,1-5H2. The SMILES string of the molecule is N#CC1CC1C(=O)C1CCN(c2ncc(Cl)cn2)CC1. The molecule has 1 aromatic rings. The number of halogens is 1. The van der Waals surface area contributed by atoms with Crippen LogP contribution >= 0.6 is 11.6 Å². The van der Waals surface area contributed by atoms with Gasteiger partial charge in [0, 0.05) is 24.9 Å². The van der Waals surface area contributed by atoms with Crippen LogP contribution < -0.4 is 4.90 Å². The van der Waals surface area contributed by atoms with E-state index in [4.69, 9.17) is 16.9 Å². The van der Waals surface area contributed by atoms with Crippen molar-refractivity contribution in [2.75, 3.05) is 18.0 Å². The van der Waals surface area contributed by atoms with Crippen molar-refractivity contribution in [2.45, 2.75) is 19.3 Å². The van der Waals surface area contributed by atoms with Crippen LogP contribution in [0.1, 0.15) is 19.3 Å². The van der Waals surface area contributed by atoms with Gasteiger partial charge in [-0.25, -0.2) is 9.97 Å². The maximum atomic E-state index is 12.2. The number of rotatable bonds is 3. The van der Waals surface area contributed by atoms with E-state index in [1.54, 1.807) is 12.4 Å². The smallest absolute Gasteiger partial charge is 0.225 e. The Bertz CT molecular complexity index is 545. The van der Waals surface area contributed by atoms with Gasteiger partial charge in [0.2, 0.25) is 5.95 Å². The van der Waals surface area contributed by atoms with Crippen LogP contribution in [0.2, 0.25) is 5.02 Å². The number of anilines is 1. The number of nitriles is 1. The molecule has 0 spiro atoms. The van der Waals surface area contributed by atoms with Crippen LogP contribution in [0.3, 0.4) is 0 Å². The maximum Gasteiger partial charge on any atom is 0.225 e. The van der Waals surface area contributed by atoms with E-state index in [-0.39, 0.29) is 23.5 Å². The molecule has 20 heavy (non-hydrogen) atoms. The molecule has 1 aromatic heterocycles. The first-order chi connectivity index (χ1) is 9.69. The van der Waals surface area contributed by atoms with Crippen molar-refractivity contribution in [3.8, 4) is 6.07 Å². The molecule has 0 aromatic carbocycles. The average Bonchev–Trinajstić information content (AvgIpc) is 3.27. The molecule has 2 unspecified atom stereocenters. The van der Waals surface area contributed by atoms with Gasteiger partial charge in [-0.05, 0) is 19.3 Å². The van der Waals surface area contributed by atoms with Crippen LogP contribution in [0, 0.1) is 29.1 Å². The number of ketones is 1. The Labute approximate surface area is 122 Å². The first kappa shape index (κ1) is 13.3. The summed E-state index contributed by atoms with van der Waals surface area (Å²) < 4.78 is 0. The van der Waals surface area contributed by atoms with Gasteiger partial charge in [-0.15, -0.1) is 0 Å². The molecule has 2 atom stereocenters. The number of hydrogen-bond acceptors (Lipinski definition) is 5. The van der Waals surface area contributed by atoms with Gasteiger partial charge >= 0.3 is 0 Å². The zero-order valence-electron chi connectivity index (χ0n) is 11.0. The summed E-state index contributed by atoms with van der Waals surface area (Å²) in [6.45, 7) is 1.56. The van der Waals surface area contributed by atoms with Crippen molar-refractivity contribution in [1.29, 1.82) is 5.26 Å². The van der Waals surface area contributed by atoms with E-state index in [1.165, 1.54) is 0 Å². The van der Waals surface area contributed by atoms with Gasteiger partial charge in [0.05, 0.1) is 29.4 Å². The minimum atomic E-state index is -0.0277. The minimum Gasteiger partial charge on any atom is -0.341 e. The Morgan fingerprint density at radius 1 is 1.35 bits per heavy atom. The van der Waals surface area contributed by atoms with Crippen molar-refractivity contribution in [3.05, 3.63) is 17.4 Å². The number of nitrogens with zero attached hydrogens (tertiary/aromatic N) is 4. The summed E-state index contributed by atoms with van der Waals surface area (Å²) in [5.41, 5.74) is 0. The Kier molecular flexibility index (Phi) is 3.58. The monoisotopic (exact) mass is 290 g/mol. The second kappa shape index (κ2) is 5.37. The molecular formula is C14H15ClN4O. The largest absolute Gasteiger partial charge is 0.341 e. The van der Waals surface area contributed by atoms with E-state index >= 15 is 0 Å². The van der Waals surface area contributed by atoms with Gasteiger partial charge in [-0.2, -0.15) is 5.26 Å². The lowest BCUT2D eigenvalue weighted by Gasteiger charge is -2.31. The third-order valence-corrected chi connectivity index (χ3v) is 4.30. The van der Waals surface area contributed by atoms with Gasteiger partial charge in [-0.1, -0.05) is 11.6 Å². The molecule has 5 nitrogen and oxygen atoms in total.